The fourth-order valence-corrected chi connectivity index (χ4v) is 2.67. The Morgan fingerprint density at radius 3 is 3.05 bits per heavy atom. The molecule has 1 aromatic rings. The minimum atomic E-state index is -0.480. The lowest BCUT2D eigenvalue weighted by atomic mass is 10.2. The van der Waals surface area contributed by atoms with Crippen LogP contribution in [0.1, 0.15) is 25.7 Å². The normalized spacial score (nSPS) is 16.0. The molecule has 0 bridgehead atoms. The first-order valence-electron chi connectivity index (χ1n) is 7.19. The van der Waals surface area contributed by atoms with E-state index in [1.165, 1.54) is 19.3 Å². The molecule has 20 heavy (non-hydrogen) atoms. The first kappa shape index (κ1) is 15.5. The second-order valence-corrected chi connectivity index (χ2v) is 6.05. The smallest absolute Gasteiger partial charge is 0.120 e. The van der Waals surface area contributed by atoms with Crippen LogP contribution in [0.4, 0.5) is 0 Å². The minimum absolute atomic E-state index is 0.312. The first-order valence-corrected chi connectivity index (χ1v) is 7.98. The molecule has 1 atom stereocenters. The molecule has 4 heteroatoms. The van der Waals surface area contributed by atoms with E-state index >= 15 is 0 Å². The molecule has 0 fully saturated rings. The van der Waals surface area contributed by atoms with Crippen molar-refractivity contribution in [3.8, 4) is 5.75 Å². The maximum absolute atomic E-state index is 9.86. The molecular weight excluding hydrogens is 318 g/mol. The van der Waals surface area contributed by atoms with Crippen LogP contribution in [0.2, 0.25) is 0 Å². The summed E-state index contributed by atoms with van der Waals surface area (Å²) < 4.78 is 6.53. The number of aliphatic hydroxyl groups excluding tert-OH is 1. The van der Waals surface area contributed by atoms with E-state index in [0.717, 1.165) is 23.2 Å². The molecule has 2 rings (SSSR count). The van der Waals surface area contributed by atoms with Gasteiger partial charge in [0.2, 0.25) is 0 Å². The summed E-state index contributed by atoms with van der Waals surface area (Å²) in [4.78, 5) is 0. The van der Waals surface area contributed by atoms with Gasteiger partial charge >= 0.3 is 0 Å². The highest BCUT2D eigenvalue weighted by Gasteiger charge is 2.07. The Kier molecular flexibility index (Phi) is 6.57. The van der Waals surface area contributed by atoms with Gasteiger partial charge in [-0.1, -0.05) is 33.6 Å². The Hall–Kier alpha value is -0.840. The number of rotatable bonds is 8. The van der Waals surface area contributed by atoms with Crippen molar-refractivity contribution in [1.82, 2.24) is 5.32 Å². The zero-order chi connectivity index (χ0) is 14.2. The minimum Gasteiger partial charge on any atom is -0.491 e. The van der Waals surface area contributed by atoms with Crippen LogP contribution >= 0.6 is 15.9 Å². The predicted octanol–water partition coefficient (Wildman–Crippen LogP) is 3.28. The molecule has 3 nitrogen and oxygen atoms in total. The van der Waals surface area contributed by atoms with Gasteiger partial charge in [-0.25, -0.2) is 0 Å². The Morgan fingerprint density at radius 1 is 1.40 bits per heavy atom. The van der Waals surface area contributed by atoms with Crippen molar-refractivity contribution in [3.05, 3.63) is 40.4 Å². The second-order valence-electron chi connectivity index (χ2n) is 5.13. The Balaban J connectivity index is 1.57. The standard InChI is InChI=1S/C16H22BrNO2/c17-14-6-3-7-16(10-14)20-12-15(19)11-18-9-8-13-4-1-2-5-13/h3-4,6-7,10,15,18-19H,1-2,5,8-9,11-12H2. The van der Waals surface area contributed by atoms with Crippen LogP contribution in [0.5, 0.6) is 5.75 Å². The predicted molar refractivity (Wildman–Crippen MR) is 85.1 cm³/mol. The van der Waals surface area contributed by atoms with Gasteiger partial charge in [0.15, 0.2) is 0 Å². The van der Waals surface area contributed by atoms with Gasteiger partial charge in [-0.05, 0) is 50.4 Å². The maximum Gasteiger partial charge on any atom is 0.120 e. The summed E-state index contributed by atoms with van der Waals surface area (Å²) in [6.07, 6.45) is 6.74. The largest absolute Gasteiger partial charge is 0.491 e. The topological polar surface area (TPSA) is 41.5 Å². The average molecular weight is 340 g/mol. The van der Waals surface area contributed by atoms with Crippen molar-refractivity contribution in [2.45, 2.75) is 31.8 Å². The fraction of sp³-hybridized carbons (Fsp3) is 0.500. The van der Waals surface area contributed by atoms with Gasteiger partial charge in [0, 0.05) is 11.0 Å². The van der Waals surface area contributed by atoms with E-state index in [1.807, 2.05) is 24.3 Å². The summed E-state index contributed by atoms with van der Waals surface area (Å²) in [6, 6.07) is 7.64. The van der Waals surface area contributed by atoms with E-state index < -0.39 is 6.10 Å². The number of allylic oxidation sites excluding steroid dienone is 1. The van der Waals surface area contributed by atoms with Crippen LogP contribution in [0.25, 0.3) is 0 Å². The van der Waals surface area contributed by atoms with Crippen LogP contribution in [-0.4, -0.2) is 30.9 Å². The molecule has 0 spiro atoms. The summed E-state index contributed by atoms with van der Waals surface area (Å²) in [5.41, 5.74) is 1.55. The molecule has 110 valence electrons. The third-order valence-electron chi connectivity index (χ3n) is 3.38. The van der Waals surface area contributed by atoms with Crippen LogP contribution in [0.3, 0.4) is 0 Å². The number of nitrogens with one attached hydrogen (secondary N) is 1. The lowest BCUT2D eigenvalue weighted by Crippen LogP contribution is -2.32. The Labute approximate surface area is 129 Å². The first-order chi connectivity index (χ1) is 9.74. The molecule has 0 saturated heterocycles. The maximum atomic E-state index is 9.86. The van der Waals surface area contributed by atoms with Crippen LogP contribution in [-0.2, 0) is 0 Å². The number of halogens is 1. The summed E-state index contributed by atoms with van der Waals surface area (Å²) in [5, 5.41) is 13.1. The number of hydrogen-bond acceptors (Lipinski definition) is 3. The molecule has 0 radical (unpaired) electrons. The van der Waals surface area contributed by atoms with Crippen molar-refractivity contribution in [1.29, 1.82) is 0 Å². The molecule has 2 N–H and O–H groups in total. The highest BCUT2D eigenvalue weighted by molar-refractivity contribution is 9.10. The number of ether oxygens (including phenoxy) is 1. The van der Waals surface area contributed by atoms with Crippen LogP contribution in [0.15, 0.2) is 40.4 Å². The molecule has 0 heterocycles. The van der Waals surface area contributed by atoms with E-state index in [9.17, 15) is 5.11 Å². The van der Waals surface area contributed by atoms with Crippen molar-refractivity contribution < 1.29 is 9.84 Å². The second kappa shape index (κ2) is 8.45. The van der Waals surface area contributed by atoms with Gasteiger partial charge in [0.05, 0.1) is 0 Å². The number of aliphatic hydroxyl groups is 1. The van der Waals surface area contributed by atoms with Gasteiger partial charge in [-0.15, -0.1) is 0 Å². The molecule has 0 saturated carbocycles. The molecule has 1 aliphatic rings. The number of hydrogen-bond donors (Lipinski definition) is 2. The molecule has 1 unspecified atom stereocenters. The third-order valence-corrected chi connectivity index (χ3v) is 3.87. The van der Waals surface area contributed by atoms with Crippen molar-refractivity contribution in [2.75, 3.05) is 19.7 Å². The van der Waals surface area contributed by atoms with Crippen molar-refractivity contribution in [3.63, 3.8) is 0 Å². The van der Waals surface area contributed by atoms with E-state index in [0.29, 0.717) is 13.2 Å². The summed E-state index contributed by atoms with van der Waals surface area (Å²) in [7, 11) is 0. The Morgan fingerprint density at radius 2 is 2.30 bits per heavy atom. The third kappa shape index (κ3) is 5.65. The summed E-state index contributed by atoms with van der Waals surface area (Å²) in [6.45, 7) is 1.81. The Bertz CT molecular complexity index is 448. The van der Waals surface area contributed by atoms with Crippen LogP contribution in [0, 0.1) is 0 Å². The van der Waals surface area contributed by atoms with E-state index in [4.69, 9.17) is 4.74 Å². The van der Waals surface area contributed by atoms with Gasteiger partial charge in [-0.3, -0.25) is 0 Å². The zero-order valence-corrected chi connectivity index (χ0v) is 13.2. The lowest BCUT2D eigenvalue weighted by molar-refractivity contribution is 0.106. The van der Waals surface area contributed by atoms with Crippen LogP contribution < -0.4 is 10.1 Å². The van der Waals surface area contributed by atoms with E-state index in [2.05, 4.69) is 27.3 Å². The monoisotopic (exact) mass is 339 g/mol. The van der Waals surface area contributed by atoms with Gasteiger partial charge in [0.1, 0.15) is 18.5 Å². The summed E-state index contributed by atoms with van der Waals surface area (Å²) in [5.74, 6) is 0.773. The highest BCUT2D eigenvalue weighted by Crippen LogP contribution is 2.20. The highest BCUT2D eigenvalue weighted by atomic mass is 79.9. The van der Waals surface area contributed by atoms with Crippen molar-refractivity contribution >= 4 is 15.9 Å². The van der Waals surface area contributed by atoms with Gasteiger partial charge in [-0.2, -0.15) is 0 Å². The molecule has 0 aliphatic heterocycles. The quantitative estimate of drug-likeness (QED) is 0.564. The molecule has 0 amide bonds. The molecule has 1 aromatic carbocycles. The zero-order valence-electron chi connectivity index (χ0n) is 11.6. The van der Waals surface area contributed by atoms with E-state index in [1.54, 1.807) is 5.57 Å². The van der Waals surface area contributed by atoms with E-state index in [-0.39, 0.29) is 0 Å². The molecule has 0 aromatic heterocycles. The SMILES string of the molecule is OC(CNCCC1=CCCC1)COc1cccc(Br)c1. The summed E-state index contributed by atoms with van der Waals surface area (Å²) >= 11 is 3.39. The lowest BCUT2D eigenvalue weighted by Gasteiger charge is -2.13. The average Bonchev–Trinajstić information content (AvgIpc) is 2.95. The molecular formula is C16H22BrNO2. The van der Waals surface area contributed by atoms with Gasteiger partial charge < -0.3 is 15.2 Å². The number of benzene rings is 1. The van der Waals surface area contributed by atoms with Crippen molar-refractivity contribution in [2.24, 2.45) is 0 Å². The molecule has 1 aliphatic carbocycles. The van der Waals surface area contributed by atoms with Gasteiger partial charge in [0.25, 0.3) is 0 Å². The fourth-order valence-electron chi connectivity index (χ4n) is 2.29.